The largest absolute Gasteiger partial charge is 0.381 e. The summed E-state index contributed by atoms with van der Waals surface area (Å²) in [5.74, 6) is -0.415. The Hall–Kier alpha value is -2.18. The summed E-state index contributed by atoms with van der Waals surface area (Å²) in [4.78, 5) is 11.8. The van der Waals surface area contributed by atoms with Crippen LogP contribution in [0, 0.1) is 0 Å². The lowest BCUT2D eigenvalue weighted by atomic mass is 10.1. The summed E-state index contributed by atoms with van der Waals surface area (Å²) >= 11 is 0. The molecule has 1 aromatic heterocycles. The molecule has 1 atom stereocenters. The van der Waals surface area contributed by atoms with E-state index < -0.39 is 11.5 Å². The maximum absolute atomic E-state index is 11.8. The highest BCUT2D eigenvalue weighted by Gasteiger charge is 2.28. The van der Waals surface area contributed by atoms with Crippen LogP contribution < -0.4 is 5.32 Å². The van der Waals surface area contributed by atoms with Gasteiger partial charge < -0.3 is 15.2 Å². The van der Waals surface area contributed by atoms with E-state index in [0.29, 0.717) is 19.7 Å². The standard InChI is InChI=1S/C18H23N3O3/c1-18(2,23)17(22)19-10-15-16-14(8-9-24-15)12-21(20-16)11-13-6-4-3-5-7-13/h3-7,12,15,23H,8-11H2,1-2H3,(H,19,22)/t15-/m0/s1. The van der Waals surface area contributed by atoms with Crippen molar-refractivity contribution in [2.45, 2.75) is 38.5 Å². The van der Waals surface area contributed by atoms with Crippen LogP contribution in [0.15, 0.2) is 36.5 Å². The lowest BCUT2D eigenvalue weighted by Crippen LogP contribution is -2.44. The first-order chi connectivity index (χ1) is 11.4. The first-order valence-corrected chi connectivity index (χ1v) is 8.16. The van der Waals surface area contributed by atoms with Crippen molar-refractivity contribution in [3.63, 3.8) is 0 Å². The molecular formula is C18H23N3O3. The van der Waals surface area contributed by atoms with Crippen LogP contribution in [0.3, 0.4) is 0 Å². The first-order valence-electron chi connectivity index (χ1n) is 8.16. The van der Waals surface area contributed by atoms with E-state index in [0.717, 1.165) is 17.7 Å². The third kappa shape index (κ3) is 3.83. The number of aliphatic hydroxyl groups is 1. The van der Waals surface area contributed by atoms with E-state index >= 15 is 0 Å². The van der Waals surface area contributed by atoms with Crippen LogP contribution in [-0.4, -0.2) is 39.5 Å². The normalized spacial score (nSPS) is 17.4. The van der Waals surface area contributed by atoms with Crippen LogP contribution in [0.4, 0.5) is 0 Å². The SMILES string of the molecule is CC(C)(O)C(=O)NC[C@@H]1OCCc2cn(Cc3ccccc3)nc21. The minimum absolute atomic E-state index is 0.280. The molecule has 3 rings (SSSR count). The van der Waals surface area contributed by atoms with E-state index in [1.807, 2.05) is 22.9 Å². The Morgan fingerprint density at radius 2 is 2.17 bits per heavy atom. The number of amides is 1. The zero-order valence-electron chi connectivity index (χ0n) is 14.0. The number of ether oxygens (including phenoxy) is 1. The molecule has 1 aliphatic heterocycles. The summed E-state index contributed by atoms with van der Waals surface area (Å²) in [5, 5.41) is 17.1. The summed E-state index contributed by atoms with van der Waals surface area (Å²) in [6.07, 6.45) is 2.59. The average Bonchev–Trinajstić information content (AvgIpc) is 2.95. The van der Waals surface area contributed by atoms with Gasteiger partial charge in [-0.2, -0.15) is 5.10 Å². The van der Waals surface area contributed by atoms with Gasteiger partial charge in [0.25, 0.3) is 5.91 Å². The molecule has 0 spiro atoms. The molecule has 0 unspecified atom stereocenters. The van der Waals surface area contributed by atoms with Crippen molar-refractivity contribution in [1.82, 2.24) is 15.1 Å². The summed E-state index contributed by atoms with van der Waals surface area (Å²) in [7, 11) is 0. The molecule has 128 valence electrons. The van der Waals surface area contributed by atoms with Crippen molar-refractivity contribution >= 4 is 5.91 Å². The van der Waals surface area contributed by atoms with Crippen molar-refractivity contribution < 1.29 is 14.6 Å². The third-order valence-corrected chi connectivity index (χ3v) is 4.06. The van der Waals surface area contributed by atoms with Gasteiger partial charge in [-0.1, -0.05) is 30.3 Å². The Bertz CT molecular complexity index is 704. The van der Waals surface area contributed by atoms with Crippen molar-refractivity contribution in [3.8, 4) is 0 Å². The zero-order valence-corrected chi connectivity index (χ0v) is 14.0. The van der Waals surface area contributed by atoms with E-state index in [4.69, 9.17) is 4.74 Å². The molecule has 24 heavy (non-hydrogen) atoms. The summed E-state index contributed by atoms with van der Waals surface area (Å²) in [5.41, 5.74) is 1.81. The van der Waals surface area contributed by atoms with Crippen molar-refractivity contribution in [2.75, 3.05) is 13.2 Å². The molecule has 1 aromatic carbocycles. The Balaban J connectivity index is 1.70. The Labute approximate surface area is 141 Å². The van der Waals surface area contributed by atoms with Crippen LogP contribution in [0.1, 0.15) is 36.8 Å². The number of carbonyl (C=O) groups is 1. The van der Waals surface area contributed by atoms with Crippen molar-refractivity contribution in [1.29, 1.82) is 0 Å². The average molecular weight is 329 g/mol. The van der Waals surface area contributed by atoms with Gasteiger partial charge >= 0.3 is 0 Å². The van der Waals surface area contributed by atoms with Crippen LogP contribution in [0.5, 0.6) is 0 Å². The predicted octanol–water partition coefficient (Wildman–Crippen LogP) is 1.43. The molecule has 2 N–H and O–H groups in total. The summed E-state index contributed by atoms with van der Waals surface area (Å²) in [6.45, 7) is 4.54. The second kappa shape index (κ2) is 6.75. The van der Waals surface area contributed by atoms with Gasteiger partial charge in [0.05, 0.1) is 18.8 Å². The van der Waals surface area contributed by atoms with Gasteiger partial charge in [-0.05, 0) is 31.4 Å². The molecule has 6 heteroatoms. The summed E-state index contributed by atoms with van der Waals surface area (Å²) < 4.78 is 7.67. The second-order valence-corrected chi connectivity index (χ2v) is 6.60. The fourth-order valence-corrected chi connectivity index (χ4v) is 2.74. The van der Waals surface area contributed by atoms with Gasteiger partial charge in [0.1, 0.15) is 11.7 Å². The predicted molar refractivity (Wildman–Crippen MR) is 89.5 cm³/mol. The smallest absolute Gasteiger partial charge is 0.251 e. The highest BCUT2D eigenvalue weighted by molar-refractivity contribution is 5.83. The van der Waals surface area contributed by atoms with Crippen LogP contribution in [0.2, 0.25) is 0 Å². The molecule has 0 radical (unpaired) electrons. The van der Waals surface area contributed by atoms with Gasteiger partial charge in [-0.3, -0.25) is 9.48 Å². The van der Waals surface area contributed by atoms with Gasteiger partial charge in [0.15, 0.2) is 0 Å². The zero-order chi connectivity index (χ0) is 17.2. The quantitative estimate of drug-likeness (QED) is 0.870. The Morgan fingerprint density at radius 3 is 2.88 bits per heavy atom. The fraction of sp³-hybridized carbons (Fsp3) is 0.444. The molecule has 6 nitrogen and oxygen atoms in total. The third-order valence-electron chi connectivity index (χ3n) is 4.06. The number of nitrogens with zero attached hydrogens (tertiary/aromatic N) is 2. The lowest BCUT2D eigenvalue weighted by Gasteiger charge is -2.24. The van der Waals surface area contributed by atoms with Crippen LogP contribution in [0.25, 0.3) is 0 Å². The van der Waals surface area contributed by atoms with Crippen molar-refractivity contribution in [2.24, 2.45) is 0 Å². The van der Waals surface area contributed by atoms with E-state index in [2.05, 4.69) is 28.7 Å². The minimum atomic E-state index is -1.40. The Morgan fingerprint density at radius 1 is 1.42 bits per heavy atom. The summed E-state index contributed by atoms with van der Waals surface area (Å²) in [6, 6.07) is 10.1. The fourth-order valence-electron chi connectivity index (χ4n) is 2.74. The second-order valence-electron chi connectivity index (χ2n) is 6.60. The molecule has 1 amide bonds. The van der Waals surface area contributed by atoms with Crippen LogP contribution >= 0.6 is 0 Å². The molecule has 0 saturated carbocycles. The van der Waals surface area contributed by atoms with Gasteiger partial charge in [-0.25, -0.2) is 0 Å². The number of aromatic nitrogens is 2. The van der Waals surface area contributed by atoms with E-state index in [1.165, 1.54) is 19.4 Å². The number of carbonyl (C=O) groups excluding carboxylic acids is 1. The first kappa shape index (κ1) is 16.7. The molecule has 2 heterocycles. The highest BCUT2D eigenvalue weighted by Crippen LogP contribution is 2.25. The maximum Gasteiger partial charge on any atom is 0.251 e. The molecule has 0 saturated heterocycles. The number of hydrogen-bond acceptors (Lipinski definition) is 4. The van der Waals surface area contributed by atoms with Crippen molar-refractivity contribution in [3.05, 3.63) is 53.3 Å². The molecule has 1 aliphatic rings. The lowest BCUT2D eigenvalue weighted by molar-refractivity contribution is -0.137. The monoisotopic (exact) mass is 329 g/mol. The van der Waals surface area contributed by atoms with Gasteiger partial charge in [0, 0.05) is 12.7 Å². The molecule has 2 aromatic rings. The van der Waals surface area contributed by atoms with Gasteiger partial charge in [-0.15, -0.1) is 0 Å². The number of fused-ring (bicyclic) bond motifs is 1. The highest BCUT2D eigenvalue weighted by atomic mass is 16.5. The Kier molecular flexibility index (Phi) is 4.69. The topological polar surface area (TPSA) is 76.4 Å². The van der Waals surface area contributed by atoms with E-state index in [1.54, 1.807) is 0 Å². The van der Waals surface area contributed by atoms with Gasteiger partial charge in [0.2, 0.25) is 0 Å². The molecule has 0 aliphatic carbocycles. The van der Waals surface area contributed by atoms with E-state index in [9.17, 15) is 9.90 Å². The minimum Gasteiger partial charge on any atom is -0.381 e. The van der Waals surface area contributed by atoms with Crippen LogP contribution in [-0.2, 0) is 22.5 Å². The molecular weight excluding hydrogens is 306 g/mol. The van der Waals surface area contributed by atoms with E-state index in [-0.39, 0.29) is 6.10 Å². The number of hydrogen-bond donors (Lipinski definition) is 2. The number of benzene rings is 1. The molecule has 0 bridgehead atoms. The number of nitrogens with one attached hydrogen (secondary N) is 1. The maximum atomic E-state index is 11.8. The molecule has 0 fully saturated rings. The number of rotatable bonds is 5.